The lowest BCUT2D eigenvalue weighted by molar-refractivity contribution is 0.559. The summed E-state index contributed by atoms with van der Waals surface area (Å²) in [6, 6.07) is 16.8. The molecule has 0 saturated carbocycles. The normalized spacial score (nSPS) is 12.7. The van der Waals surface area contributed by atoms with Crippen molar-refractivity contribution in [3.63, 3.8) is 0 Å². The van der Waals surface area contributed by atoms with Gasteiger partial charge in [-0.2, -0.15) is 0 Å². The first-order chi connectivity index (χ1) is 9.24. The third kappa shape index (κ3) is 2.32. The highest BCUT2D eigenvalue weighted by atomic mass is 15.1. The Balaban J connectivity index is 1.91. The zero-order valence-corrected chi connectivity index (χ0v) is 11.0. The highest BCUT2D eigenvalue weighted by Crippen LogP contribution is 2.22. The molecule has 3 aromatic rings. The van der Waals surface area contributed by atoms with Crippen LogP contribution >= 0.6 is 0 Å². The van der Waals surface area contributed by atoms with Crippen LogP contribution < -0.4 is 5.73 Å². The molecule has 0 radical (unpaired) electrons. The Morgan fingerprint density at radius 1 is 1.16 bits per heavy atom. The van der Waals surface area contributed by atoms with Crippen LogP contribution in [-0.4, -0.2) is 9.55 Å². The number of aromatic nitrogens is 2. The first-order valence-corrected chi connectivity index (χ1v) is 6.50. The molecule has 0 aliphatic rings. The van der Waals surface area contributed by atoms with Crippen molar-refractivity contribution in [2.24, 2.45) is 0 Å². The summed E-state index contributed by atoms with van der Waals surface area (Å²) in [4.78, 5) is 4.43. The van der Waals surface area contributed by atoms with Gasteiger partial charge in [0.1, 0.15) is 0 Å². The maximum absolute atomic E-state index is 5.78. The molecule has 1 unspecified atom stereocenters. The highest BCUT2D eigenvalue weighted by molar-refractivity contribution is 5.79. The fourth-order valence-corrected chi connectivity index (χ4v) is 2.45. The summed E-state index contributed by atoms with van der Waals surface area (Å²) in [6.07, 6.45) is 2.90. The third-order valence-electron chi connectivity index (χ3n) is 3.45. The molecule has 3 rings (SSSR count). The molecule has 0 amide bonds. The van der Waals surface area contributed by atoms with Crippen molar-refractivity contribution in [2.75, 3.05) is 5.73 Å². The summed E-state index contributed by atoms with van der Waals surface area (Å²) in [7, 11) is 0. The summed E-state index contributed by atoms with van der Waals surface area (Å²) in [5, 5.41) is 0. The van der Waals surface area contributed by atoms with Gasteiger partial charge in [-0.1, -0.05) is 30.3 Å². The first kappa shape index (κ1) is 11.8. The van der Waals surface area contributed by atoms with Crippen LogP contribution in [0.5, 0.6) is 0 Å². The van der Waals surface area contributed by atoms with Crippen LogP contribution in [-0.2, 0) is 6.42 Å². The van der Waals surface area contributed by atoms with Crippen molar-refractivity contribution in [3.8, 4) is 0 Å². The van der Waals surface area contributed by atoms with Crippen molar-refractivity contribution in [3.05, 3.63) is 60.4 Å². The van der Waals surface area contributed by atoms with Crippen LogP contribution in [0.15, 0.2) is 54.9 Å². The van der Waals surface area contributed by atoms with Crippen LogP contribution in [0.1, 0.15) is 18.5 Å². The van der Waals surface area contributed by atoms with E-state index in [-0.39, 0.29) is 0 Å². The smallest absolute Gasteiger partial charge is 0.0960 e. The minimum absolute atomic E-state index is 0.371. The largest absolute Gasteiger partial charge is 0.399 e. The van der Waals surface area contributed by atoms with E-state index in [4.69, 9.17) is 5.73 Å². The average Bonchev–Trinajstić information content (AvgIpc) is 2.82. The zero-order chi connectivity index (χ0) is 13.2. The lowest BCUT2D eigenvalue weighted by Gasteiger charge is -2.14. The molecule has 19 heavy (non-hydrogen) atoms. The van der Waals surface area contributed by atoms with E-state index in [1.54, 1.807) is 0 Å². The van der Waals surface area contributed by atoms with Crippen molar-refractivity contribution in [2.45, 2.75) is 19.4 Å². The number of nitrogens with zero attached hydrogens (tertiary/aromatic N) is 2. The Hall–Kier alpha value is -2.29. The molecule has 1 atom stereocenters. The van der Waals surface area contributed by atoms with E-state index in [0.717, 1.165) is 23.1 Å². The number of benzene rings is 2. The second-order valence-corrected chi connectivity index (χ2v) is 4.94. The topological polar surface area (TPSA) is 43.8 Å². The fraction of sp³-hybridized carbons (Fsp3) is 0.188. The molecule has 0 saturated heterocycles. The number of hydrogen-bond donors (Lipinski definition) is 1. The van der Waals surface area contributed by atoms with Crippen LogP contribution in [0.3, 0.4) is 0 Å². The molecule has 0 aliphatic heterocycles. The van der Waals surface area contributed by atoms with Gasteiger partial charge in [0.25, 0.3) is 0 Å². The van der Waals surface area contributed by atoms with Crippen molar-refractivity contribution in [1.29, 1.82) is 0 Å². The lowest BCUT2D eigenvalue weighted by atomic mass is 10.1. The SMILES string of the molecule is CC(Cc1ccccc1)n1cnc2cc(N)ccc21. The summed E-state index contributed by atoms with van der Waals surface area (Å²) < 4.78 is 2.21. The Morgan fingerprint density at radius 3 is 2.74 bits per heavy atom. The van der Waals surface area contributed by atoms with Gasteiger partial charge < -0.3 is 10.3 Å². The molecule has 96 valence electrons. The van der Waals surface area contributed by atoms with E-state index >= 15 is 0 Å². The second kappa shape index (κ2) is 4.76. The Labute approximate surface area is 112 Å². The predicted molar refractivity (Wildman–Crippen MR) is 79.0 cm³/mol. The number of fused-ring (bicyclic) bond motifs is 1. The van der Waals surface area contributed by atoms with Crippen LogP contribution in [0.2, 0.25) is 0 Å². The Kier molecular flexibility index (Phi) is 2.95. The Bertz CT molecular complexity index is 686. The van der Waals surface area contributed by atoms with Crippen LogP contribution in [0.4, 0.5) is 5.69 Å². The van der Waals surface area contributed by atoms with E-state index in [1.165, 1.54) is 5.56 Å². The molecule has 0 bridgehead atoms. The van der Waals surface area contributed by atoms with Gasteiger partial charge in [0.2, 0.25) is 0 Å². The minimum atomic E-state index is 0.371. The molecule has 2 aromatic carbocycles. The van der Waals surface area contributed by atoms with Crippen LogP contribution in [0.25, 0.3) is 11.0 Å². The number of imidazole rings is 1. The average molecular weight is 251 g/mol. The van der Waals surface area contributed by atoms with Crippen molar-refractivity contribution >= 4 is 16.7 Å². The second-order valence-electron chi connectivity index (χ2n) is 4.94. The predicted octanol–water partition coefficient (Wildman–Crippen LogP) is 3.42. The molecule has 1 heterocycles. The van der Waals surface area contributed by atoms with Crippen LogP contribution in [0, 0.1) is 0 Å². The Morgan fingerprint density at radius 2 is 1.95 bits per heavy atom. The molecule has 3 heteroatoms. The number of nitrogen functional groups attached to an aromatic ring is 1. The molecule has 1 aromatic heterocycles. The molecule has 0 fully saturated rings. The van der Waals surface area contributed by atoms with Crippen molar-refractivity contribution in [1.82, 2.24) is 9.55 Å². The van der Waals surface area contributed by atoms with Gasteiger partial charge in [-0.3, -0.25) is 0 Å². The highest BCUT2D eigenvalue weighted by Gasteiger charge is 2.10. The van der Waals surface area contributed by atoms with Gasteiger partial charge in [-0.15, -0.1) is 0 Å². The number of nitrogens with two attached hydrogens (primary N) is 1. The van der Waals surface area contributed by atoms with Gasteiger partial charge in [-0.25, -0.2) is 4.98 Å². The molecular formula is C16H17N3. The molecule has 2 N–H and O–H groups in total. The fourth-order valence-electron chi connectivity index (χ4n) is 2.45. The van der Waals surface area contributed by atoms with Gasteiger partial charge in [0.05, 0.1) is 17.4 Å². The lowest BCUT2D eigenvalue weighted by Crippen LogP contribution is -2.06. The van der Waals surface area contributed by atoms with Gasteiger partial charge in [0.15, 0.2) is 0 Å². The summed E-state index contributed by atoms with van der Waals surface area (Å²) >= 11 is 0. The van der Waals surface area contributed by atoms with Gasteiger partial charge >= 0.3 is 0 Å². The van der Waals surface area contributed by atoms with Crippen molar-refractivity contribution < 1.29 is 0 Å². The van der Waals surface area contributed by atoms with Gasteiger partial charge in [-0.05, 0) is 37.1 Å². The molecule has 0 spiro atoms. The monoisotopic (exact) mass is 251 g/mol. The summed E-state index contributed by atoms with van der Waals surface area (Å²) in [5.41, 5.74) is 9.98. The minimum Gasteiger partial charge on any atom is -0.399 e. The molecule has 3 nitrogen and oxygen atoms in total. The maximum atomic E-state index is 5.78. The van der Waals surface area contributed by atoms with Gasteiger partial charge in [0, 0.05) is 11.7 Å². The van der Waals surface area contributed by atoms with E-state index in [2.05, 4.69) is 40.7 Å². The third-order valence-corrected chi connectivity index (χ3v) is 3.45. The molecular weight excluding hydrogens is 234 g/mol. The van der Waals surface area contributed by atoms with E-state index < -0.39 is 0 Å². The number of hydrogen-bond acceptors (Lipinski definition) is 2. The molecule has 0 aliphatic carbocycles. The number of anilines is 1. The quantitative estimate of drug-likeness (QED) is 0.725. The van der Waals surface area contributed by atoms with E-state index in [1.807, 2.05) is 30.6 Å². The zero-order valence-electron chi connectivity index (χ0n) is 11.0. The summed E-state index contributed by atoms with van der Waals surface area (Å²) in [5.74, 6) is 0. The van der Waals surface area contributed by atoms with E-state index in [0.29, 0.717) is 6.04 Å². The maximum Gasteiger partial charge on any atom is 0.0960 e. The van der Waals surface area contributed by atoms with E-state index in [9.17, 15) is 0 Å². The number of rotatable bonds is 3. The standard InChI is InChI=1S/C16H17N3/c1-12(9-13-5-3-2-4-6-13)19-11-18-15-10-14(17)7-8-16(15)19/h2-8,10-12H,9,17H2,1H3. The first-order valence-electron chi connectivity index (χ1n) is 6.50. The summed E-state index contributed by atoms with van der Waals surface area (Å²) in [6.45, 7) is 2.21.